The van der Waals surface area contributed by atoms with Gasteiger partial charge in [-0.3, -0.25) is 74.0 Å². The Labute approximate surface area is 448 Å². The first-order chi connectivity index (χ1) is 36.1. The molecule has 422 valence electrons. The number of likely N-dealkylation sites (N-methyl/N-ethyl adjacent to an activating group) is 2. The highest BCUT2D eigenvalue weighted by atomic mass is 16.5. The van der Waals surface area contributed by atoms with Crippen molar-refractivity contribution in [2.75, 3.05) is 47.9 Å². The zero-order valence-electron chi connectivity index (χ0n) is 46.6. The predicted molar refractivity (Wildman–Crippen MR) is 287 cm³/mol. The van der Waals surface area contributed by atoms with Crippen LogP contribution < -0.4 is 27.2 Å². The topological polar surface area (TPSA) is 275 Å². The molecule has 2 aromatic rings. The first-order valence-electron chi connectivity index (χ1n) is 26.9. The molecule has 0 radical (unpaired) electrons. The largest absolute Gasteiger partial charge is 0.379 e. The minimum atomic E-state index is -0.983. The lowest BCUT2D eigenvalue weighted by atomic mass is 9.87. The maximum atomic E-state index is 14.5. The third-order valence-corrected chi connectivity index (χ3v) is 15.1. The van der Waals surface area contributed by atoms with E-state index < -0.39 is 77.9 Å². The quantitative estimate of drug-likeness (QED) is 0.0361. The number of imide groups is 2. The summed E-state index contributed by atoms with van der Waals surface area (Å²) in [5.41, 5.74) is 12.4. The van der Waals surface area contributed by atoms with E-state index in [0.29, 0.717) is 58.0 Å². The van der Waals surface area contributed by atoms with Crippen LogP contribution in [0.5, 0.6) is 0 Å². The van der Waals surface area contributed by atoms with Crippen LogP contribution in [-0.4, -0.2) is 168 Å². The molecule has 0 aliphatic carbocycles. The van der Waals surface area contributed by atoms with Crippen LogP contribution in [0, 0.1) is 23.7 Å². The minimum absolute atomic E-state index is 0.0270. The van der Waals surface area contributed by atoms with Crippen molar-refractivity contribution in [1.29, 1.82) is 0 Å². The van der Waals surface area contributed by atoms with E-state index in [0.717, 1.165) is 21.4 Å². The summed E-state index contributed by atoms with van der Waals surface area (Å²) in [6.45, 7) is 14.4. The number of primary amides is 1. The van der Waals surface area contributed by atoms with Gasteiger partial charge in [0.1, 0.15) is 6.04 Å². The Balaban J connectivity index is 1.33. The van der Waals surface area contributed by atoms with Crippen LogP contribution in [0.1, 0.15) is 118 Å². The Kier molecular flexibility index (Phi) is 24.7. The van der Waals surface area contributed by atoms with Crippen molar-refractivity contribution in [2.24, 2.45) is 29.4 Å². The van der Waals surface area contributed by atoms with E-state index in [4.69, 9.17) is 15.2 Å². The molecular weight excluding hydrogens is 977 g/mol. The Morgan fingerprint density at radius 2 is 1.43 bits per heavy atom. The van der Waals surface area contributed by atoms with Gasteiger partial charge in [-0.15, -0.1) is 0 Å². The van der Waals surface area contributed by atoms with Crippen LogP contribution in [0.15, 0.2) is 42.6 Å². The lowest BCUT2D eigenvalue weighted by molar-refractivity contribution is -0.144. The smallest absolute Gasteiger partial charge is 0.253 e. The number of para-hydroxylation sites is 1. The number of rotatable bonds is 31. The van der Waals surface area contributed by atoms with E-state index in [2.05, 4.69) is 26.5 Å². The number of nitrogens with two attached hydrogens (primary N) is 1. The van der Waals surface area contributed by atoms with Crippen molar-refractivity contribution in [3.8, 4) is 0 Å². The van der Waals surface area contributed by atoms with E-state index in [9.17, 15) is 43.2 Å². The second-order valence-electron chi connectivity index (χ2n) is 21.2. The van der Waals surface area contributed by atoms with E-state index >= 15 is 0 Å². The molecule has 1 saturated heterocycles. The van der Waals surface area contributed by atoms with Gasteiger partial charge in [-0.05, 0) is 82.1 Å². The van der Waals surface area contributed by atoms with Crippen molar-refractivity contribution in [2.45, 2.75) is 162 Å². The lowest BCUT2D eigenvalue weighted by Crippen LogP contribution is -2.60. The van der Waals surface area contributed by atoms with Crippen LogP contribution >= 0.6 is 0 Å². The van der Waals surface area contributed by atoms with Gasteiger partial charge >= 0.3 is 0 Å². The number of aromatic nitrogens is 1. The van der Waals surface area contributed by atoms with Crippen LogP contribution in [0.25, 0.3) is 10.9 Å². The van der Waals surface area contributed by atoms with E-state index in [1.54, 1.807) is 37.1 Å². The third-order valence-electron chi connectivity index (χ3n) is 15.1. The van der Waals surface area contributed by atoms with Crippen LogP contribution in [-0.2, 0) is 59.0 Å². The zero-order chi connectivity index (χ0) is 56.4. The highest BCUT2D eigenvalue weighted by molar-refractivity contribution is 6.12. The molecule has 7 N–H and O–H groups in total. The van der Waals surface area contributed by atoms with Crippen molar-refractivity contribution in [1.82, 2.24) is 46.1 Å². The fourth-order valence-electron chi connectivity index (χ4n) is 10.9. The molecule has 0 spiro atoms. The molecule has 76 heavy (non-hydrogen) atoms. The normalized spacial score (nSPS) is 18.0. The van der Waals surface area contributed by atoms with E-state index in [1.165, 1.54) is 19.3 Å². The Hall–Kier alpha value is -6.03. The van der Waals surface area contributed by atoms with Gasteiger partial charge in [0.25, 0.3) is 11.8 Å². The van der Waals surface area contributed by atoms with Crippen molar-refractivity contribution < 1.29 is 52.6 Å². The molecule has 1 fully saturated rings. The first-order valence-corrected chi connectivity index (χ1v) is 26.9. The fraction of sp³-hybridized carbons (Fsp3) is 0.655. The maximum absolute atomic E-state index is 14.5. The molecule has 0 bridgehead atoms. The molecule has 0 saturated carbocycles. The average Bonchev–Trinajstić information content (AvgIpc) is 4.11. The Morgan fingerprint density at radius 3 is 2.03 bits per heavy atom. The Morgan fingerprint density at radius 1 is 0.816 bits per heavy atom. The molecular formula is C55H86N10O11. The number of fused-ring (bicyclic) bond motifs is 1. The zero-order valence-corrected chi connectivity index (χ0v) is 46.6. The van der Waals surface area contributed by atoms with Crippen LogP contribution in [0.2, 0.25) is 0 Å². The molecule has 2 aliphatic rings. The van der Waals surface area contributed by atoms with Crippen LogP contribution in [0.4, 0.5) is 0 Å². The summed E-state index contributed by atoms with van der Waals surface area (Å²) < 4.78 is 12.1. The Bertz CT molecular complexity index is 2340. The summed E-state index contributed by atoms with van der Waals surface area (Å²) in [5, 5.41) is 6.48. The average molecular weight is 1060 g/mol. The summed E-state index contributed by atoms with van der Waals surface area (Å²) in [5.74, 6) is -5.02. The number of amides is 9. The second-order valence-corrected chi connectivity index (χ2v) is 21.2. The highest BCUT2D eigenvalue weighted by Gasteiger charge is 2.44. The molecule has 1 aromatic heterocycles. The van der Waals surface area contributed by atoms with Crippen molar-refractivity contribution in [3.05, 3.63) is 48.2 Å². The number of hydrazine groups is 1. The third kappa shape index (κ3) is 17.0. The van der Waals surface area contributed by atoms with Gasteiger partial charge in [-0.25, -0.2) is 0 Å². The van der Waals surface area contributed by atoms with Gasteiger partial charge in [-0.1, -0.05) is 79.5 Å². The summed E-state index contributed by atoms with van der Waals surface area (Å²) in [7, 11) is 6.63. The number of hydrogen-bond acceptors (Lipinski definition) is 13. The molecule has 21 heteroatoms. The van der Waals surface area contributed by atoms with E-state index in [1.807, 2.05) is 77.8 Å². The summed E-state index contributed by atoms with van der Waals surface area (Å²) in [6, 6.07) is 4.27. The van der Waals surface area contributed by atoms with E-state index in [-0.39, 0.29) is 73.6 Å². The maximum Gasteiger partial charge on any atom is 0.253 e. The molecule has 2 aliphatic heterocycles. The standard InChI is InChI=1S/C55H86N10O11/c1-12-35(6)50(42(75-10)31-47(70)64-29-18-22-41(64)51(76-11)36(7)53(72)58-40(52(56)71)30-37-32-57-39-21-16-15-20-38(37)39)63(9)49(34(4)5)55(74)59-54(73)48(33(2)3)62(8)27-19-24-44(67)61-60-43(66)23-14-13-17-28-65-45(68)25-26-46(65)69/h15-16,20-21,25-26,32-36,40-42,48-51,57H,12-14,17-19,22-24,27-31H2,1-11H3,(H2,56,71)(H,58,72)(H,60,66)(H,61,67)(H,59,73,74)/t35-,36+,40-,41-,42+,48-,49-,50-,51+/m0/s1. The van der Waals surface area contributed by atoms with Gasteiger partial charge in [0.2, 0.25) is 41.4 Å². The number of unbranched alkanes of at least 4 members (excludes halogenated alkanes) is 2. The number of methoxy groups -OCH3 is 2. The molecule has 21 nitrogen and oxygen atoms in total. The highest BCUT2D eigenvalue weighted by Crippen LogP contribution is 2.31. The number of carbonyl (C=O) groups is 9. The molecule has 9 atom stereocenters. The van der Waals surface area contributed by atoms with Gasteiger partial charge in [-0.2, -0.15) is 0 Å². The fourth-order valence-corrected chi connectivity index (χ4v) is 10.9. The molecule has 9 amide bonds. The molecule has 1 aromatic carbocycles. The SMILES string of the molecule is CC[C@H](C)[C@@H]([C@@H](CC(=O)N1CCC[C@H]1[C@H](OC)[C@@H](C)C(=O)N[C@@H](Cc1c[nH]c2ccccc12)C(N)=O)OC)N(C)[C@H](C(=O)NC(=O)[C@H](C(C)C)N(C)CCCC(=O)NNC(=O)CCCCCN1C(=O)C=CC1=O)C(C)C. The van der Waals surface area contributed by atoms with Gasteiger partial charge < -0.3 is 30.4 Å². The summed E-state index contributed by atoms with van der Waals surface area (Å²) >= 11 is 0. The molecule has 4 rings (SSSR count). The number of ether oxygens (including phenoxy) is 2. The number of H-pyrrole nitrogens is 1. The number of likely N-dealkylation sites (tertiary alicyclic amines) is 1. The molecule has 0 unspecified atom stereocenters. The number of nitrogens with one attached hydrogen (secondary N) is 5. The molecule has 3 heterocycles. The number of aromatic amines is 1. The predicted octanol–water partition coefficient (Wildman–Crippen LogP) is 3.11. The monoisotopic (exact) mass is 1060 g/mol. The number of nitrogens with zero attached hydrogens (tertiary/aromatic N) is 4. The summed E-state index contributed by atoms with van der Waals surface area (Å²) in [4.78, 5) is 128. The van der Waals surface area contributed by atoms with Crippen LogP contribution in [0.3, 0.4) is 0 Å². The van der Waals surface area contributed by atoms with Gasteiger partial charge in [0, 0.05) is 81.9 Å². The number of benzene rings is 1. The van der Waals surface area contributed by atoms with Gasteiger partial charge in [0.15, 0.2) is 0 Å². The summed E-state index contributed by atoms with van der Waals surface area (Å²) in [6.07, 6.45) is 7.30. The van der Waals surface area contributed by atoms with Crippen molar-refractivity contribution >= 4 is 64.1 Å². The lowest BCUT2D eigenvalue weighted by Gasteiger charge is -2.43. The van der Waals surface area contributed by atoms with Crippen molar-refractivity contribution in [3.63, 3.8) is 0 Å². The first kappa shape index (κ1) is 62.5. The van der Waals surface area contributed by atoms with Gasteiger partial charge in [0.05, 0.1) is 42.7 Å². The number of hydrogen-bond donors (Lipinski definition) is 6. The number of carbonyl (C=O) groups excluding carboxylic acids is 9. The minimum Gasteiger partial charge on any atom is -0.379 e. The second kappa shape index (κ2) is 30.1.